The third kappa shape index (κ3) is 4.43. The molecule has 7 heteroatoms. The molecule has 2 aromatic rings. The van der Waals surface area contributed by atoms with Crippen molar-refractivity contribution in [2.45, 2.75) is 13.8 Å². The van der Waals surface area contributed by atoms with E-state index < -0.39 is 22.9 Å². The number of thioether (sulfide) groups is 1. The molecule has 0 aliphatic carbocycles. The van der Waals surface area contributed by atoms with Gasteiger partial charge < -0.3 is 5.32 Å². The fraction of sp³-hybridized carbons (Fsp3) is 0.150. The summed E-state index contributed by atoms with van der Waals surface area (Å²) in [5, 5.41) is 2.18. The molecule has 0 aromatic heterocycles. The number of benzene rings is 2. The number of anilines is 1. The third-order valence-electron chi connectivity index (χ3n) is 3.98. The molecule has 3 amide bonds. The molecule has 27 heavy (non-hydrogen) atoms. The summed E-state index contributed by atoms with van der Waals surface area (Å²) in [4.78, 5) is 37.9. The maximum absolute atomic E-state index is 13.3. The van der Waals surface area contributed by atoms with Crippen LogP contribution in [0.2, 0.25) is 0 Å². The second-order valence-electron chi connectivity index (χ2n) is 6.19. The summed E-state index contributed by atoms with van der Waals surface area (Å²) in [6, 6.07) is 11.3. The van der Waals surface area contributed by atoms with Gasteiger partial charge in [0.2, 0.25) is 5.91 Å². The fourth-order valence-corrected chi connectivity index (χ4v) is 3.51. The van der Waals surface area contributed by atoms with Crippen molar-refractivity contribution in [2.75, 3.05) is 11.9 Å². The van der Waals surface area contributed by atoms with Gasteiger partial charge in [0.15, 0.2) is 0 Å². The van der Waals surface area contributed by atoms with Crippen molar-refractivity contribution in [3.8, 4) is 0 Å². The van der Waals surface area contributed by atoms with Crippen LogP contribution in [0.1, 0.15) is 16.7 Å². The van der Waals surface area contributed by atoms with E-state index in [0.29, 0.717) is 11.3 Å². The van der Waals surface area contributed by atoms with E-state index in [0.717, 1.165) is 27.8 Å². The van der Waals surface area contributed by atoms with E-state index in [2.05, 4.69) is 5.32 Å². The molecule has 0 atom stereocenters. The van der Waals surface area contributed by atoms with Crippen LogP contribution in [-0.4, -0.2) is 28.5 Å². The average Bonchev–Trinajstić information content (AvgIpc) is 2.85. The van der Waals surface area contributed by atoms with Gasteiger partial charge in [-0.2, -0.15) is 0 Å². The molecule has 1 N–H and O–H groups in total. The van der Waals surface area contributed by atoms with Crippen LogP contribution in [-0.2, 0) is 9.59 Å². The van der Waals surface area contributed by atoms with Crippen LogP contribution in [0.5, 0.6) is 0 Å². The minimum atomic E-state index is -0.565. The molecule has 0 saturated carbocycles. The lowest BCUT2D eigenvalue weighted by Gasteiger charge is -2.14. The zero-order valence-corrected chi connectivity index (χ0v) is 15.6. The Morgan fingerprint density at radius 2 is 1.96 bits per heavy atom. The third-order valence-corrected chi connectivity index (χ3v) is 4.89. The van der Waals surface area contributed by atoms with Gasteiger partial charge in [-0.1, -0.05) is 29.8 Å². The highest BCUT2D eigenvalue weighted by atomic mass is 32.2. The van der Waals surface area contributed by atoms with Crippen molar-refractivity contribution in [2.24, 2.45) is 0 Å². The molecule has 1 heterocycles. The van der Waals surface area contributed by atoms with Crippen LogP contribution in [0.4, 0.5) is 14.9 Å². The molecular weight excluding hydrogens is 367 g/mol. The number of rotatable bonds is 4. The van der Waals surface area contributed by atoms with E-state index in [1.54, 1.807) is 12.1 Å². The quantitative estimate of drug-likeness (QED) is 0.806. The molecule has 0 spiro atoms. The van der Waals surface area contributed by atoms with E-state index in [1.165, 1.54) is 24.3 Å². The zero-order valence-electron chi connectivity index (χ0n) is 14.8. The number of carbonyl (C=O) groups excluding carboxylic acids is 3. The first-order valence-electron chi connectivity index (χ1n) is 8.21. The number of aryl methyl sites for hydroxylation is 2. The van der Waals surface area contributed by atoms with Crippen molar-refractivity contribution in [3.63, 3.8) is 0 Å². The summed E-state index contributed by atoms with van der Waals surface area (Å²) in [7, 11) is 0. The smallest absolute Gasteiger partial charge is 0.294 e. The molecule has 1 aliphatic rings. The van der Waals surface area contributed by atoms with Gasteiger partial charge in [-0.25, -0.2) is 4.39 Å². The summed E-state index contributed by atoms with van der Waals surface area (Å²) in [6.07, 6.45) is 1.44. The summed E-state index contributed by atoms with van der Waals surface area (Å²) < 4.78 is 13.3. The van der Waals surface area contributed by atoms with E-state index in [4.69, 9.17) is 0 Å². The molecule has 0 radical (unpaired) electrons. The Morgan fingerprint density at radius 1 is 1.19 bits per heavy atom. The lowest BCUT2D eigenvalue weighted by atomic mass is 10.1. The van der Waals surface area contributed by atoms with Crippen LogP contribution in [0, 0.1) is 19.7 Å². The van der Waals surface area contributed by atoms with E-state index >= 15 is 0 Å². The average molecular weight is 384 g/mol. The summed E-state index contributed by atoms with van der Waals surface area (Å²) in [6.45, 7) is 3.44. The first-order valence-corrected chi connectivity index (χ1v) is 9.03. The molecule has 3 rings (SSSR count). The Bertz CT molecular complexity index is 971. The van der Waals surface area contributed by atoms with Crippen LogP contribution in [0.3, 0.4) is 0 Å². The number of hydrogen-bond acceptors (Lipinski definition) is 4. The maximum atomic E-state index is 13.3. The van der Waals surface area contributed by atoms with E-state index in [1.807, 2.05) is 26.0 Å². The van der Waals surface area contributed by atoms with Crippen molar-refractivity contribution in [3.05, 3.63) is 69.9 Å². The van der Waals surface area contributed by atoms with Crippen LogP contribution in [0.15, 0.2) is 47.4 Å². The van der Waals surface area contributed by atoms with Gasteiger partial charge in [0.1, 0.15) is 12.4 Å². The largest absolute Gasteiger partial charge is 0.324 e. The number of hydrogen-bond donors (Lipinski definition) is 1. The monoisotopic (exact) mass is 384 g/mol. The van der Waals surface area contributed by atoms with Crippen molar-refractivity contribution >= 4 is 40.6 Å². The first-order chi connectivity index (χ1) is 12.8. The van der Waals surface area contributed by atoms with Crippen LogP contribution >= 0.6 is 11.8 Å². The van der Waals surface area contributed by atoms with Crippen molar-refractivity contribution < 1.29 is 18.8 Å². The lowest BCUT2D eigenvalue weighted by molar-refractivity contribution is -0.127. The van der Waals surface area contributed by atoms with Crippen LogP contribution in [0.25, 0.3) is 6.08 Å². The molecule has 138 valence electrons. The Labute approximate surface area is 160 Å². The fourth-order valence-electron chi connectivity index (χ4n) is 2.67. The minimum absolute atomic E-state index is 0.157. The molecule has 1 aliphatic heterocycles. The number of imide groups is 1. The molecule has 0 unspecified atom stereocenters. The molecule has 1 fully saturated rings. The Kier molecular flexibility index (Phi) is 5.41. The number of nitrogens with one attached hydrogen (secondary N) is 1. The Morgan fingerprint density at radius 3 is 2.67 bits per heavy atom. The minimum Gasteiger partial charge on any atom is -0.324 e. The standard InChI is InChI=1S/C20H17FN2O3S/c1-12-6-7-16(13(2)8-12)22-18(24)11-23-19(25)17(27-20(23)26)10-14-4-3-5-15(21)9-14/h3-10H,11H2,1-2H3,(H,22,24)/b17-10+. The van der Waals surface area contributed by atoms with Gasteiger partial charge in [0, 0.05) is 5.69 Å². The zero-order chi connectivity index (χ0) is 19.6. The number of nitrogens with zero attached hydrogens (tertiary/aromatic N) is 1. The second kappa shape index (κ2) is 7.75. The summed E-state index contributed by atoms with van der Waals surface area (Å²) >= 11 is 0.732. The highest BCUT2D eigenvalue weighted by Crippen LogP contribution is 2.32. The van der Waals surface area contributed by atoms with Crippen molar-refractivity contribution in [1.82, 2.24) is 4.90 Å². The second-order valence-corrected chi connectivity index (χ2v) is 7.18. The summed E-state index contributed by atoms with van der Waals surface area (Å²) in [5.74, 6) is -1.46. The van der Waals surface area contributed by atoms with Gasteiger partial charge in [0.05, 0.1) is 4.91 Å². The van der Waals surface area contributed by atoms with E-state index in [9.17, 15) is 18.8 Å². The Hall–Kier alpha value is -2.93. The molecular formula is C20H17FN2O3S. The highest BCUT2D eigenvalue weighted by Gasteiger charge is 2.36. The number of amides is 3. The van der Waals surface area contributed by atoms with Crippen LogP contribution < -0.4 is 5.32 Å². The van der Waals surface area contributed by atoms with E-state index in [-0.39, 0.29) is 11.4 Å². The van der Waals surface area contributed by atoms with Gasteiger partial charge >= 0.3 is 0 Å². The molecule has 2 aromatic carbocycles. The van der Waals surface area contributed by atoms with Gasteiger partial charge in [-0.05, 0) is 61.0 Å². The van der Waals surface area contributed by atoms with Gasteiger partial charge in [0.25, 0.3) is 11.1 Å². The van der Waals surface area contributed by atoms with Crippen molar-refractivity contribution in [1.29, 1.82) is 0 Å². The number of halogens is 1. The molecule has 5 nitrogen and oxygen atoms in total. The van der Waals surface area contributed by atoms with Gasteiger partial charge in [-0.3, -0.25) is 19.3 Å². The molecule has 1 saturated heterocycles. The first kappa shape index (κ1) is 18.8. The SMILES string of the molecule is Cc1ccc(NC(=O)CN2C(=O)S/C(=C/c3cccc(F)c3)C2=O)c(C)c1. The van der Waals surface area contributed by atoms with Gasteiger partial charge in [-0.15, -0.1) is 0 Å². The lowest BCUT2D eigenvalue weighted by Crippen LogP contribution is -2.36. The topological polar surface area (TPSA) is 66.5 Å². The highest BCUT2D eigenvalue weighted by molar-refractivity contribution is 8.18. The Balaban J connectivity index is 1.71. The molecule has 0 bridgehead atoms. The predicted molar refractivity (Wildman–Crippen MR) is 104 cm³/mol. The normalized spacial score (nSPS) is 15.5. The maximum Gasteiger partial charge on any atom is 0.294 e. The summed E-state index contributed by atoms with van der Waals surface area (Å²) in [5.41, 5.74) is 3.07. The predicted octanol–water partition coefficient (Wildman–Crippen LogP) is 4.12. The number of carbonyl (C=O) groups is 3.